The summed E-state index contributed by atoms with van der Waals surface area (Å²) in [7, 11) is 0. The van der Waals surface area contributed by atoms with Crippen LogP contribution in [0, 0.1) is 5.92 Å². The highest BCUT2D eigenvalue weighted by Crippen LogP contribution is 2.17. The topological polar surface area (TPSA) is 89.2 Å². The molecule has 7 heteroatoms. The highest BCUT2D eigenvalue weighted by atomic mass is 16.3. The molecule has 0 fully saturated rings. The van der Waals surface area contributed by atoms with Crippen LogP contribution in [0.1, 0.15) is 36.6 Å². The number of benzene rings is 1. The van der Waals surface area contributed by atoms with Crippen molar-refractivity contribution in [2.45, 2.75) is 33.2 Å². The van der Waals surface area contributed by atoms with Crippen molar-refractivity contribution in [2.75, 3.05) is 13.1 Å². The zero-order valence-corrected chi connectivity index (χ0v) is 16.3. The third kappa shape index (κ3) is 5.00. The Hall–Kier alpha value is -3.09. The molecular formula is C21H26N4O3. The van der Waals surface area contributed by atoms with E-state index in [2.05, 4.69) is 29.5 Å². The Bertz CT molecular complexity index is 928. The number of rotatable bonds is 9. The van der Waals surface area contributed by atoms with Gasteiger partial charge >= 0.3 is 0 Å². The fraction of sp³-hybridized carbons (Fsp3) is 0.381. The van der Waals surface area contributed by atoms with Crippen molar-refractivity contribution in [1.82, 2.24) is 20.2 Å². The van der Waals surface area contributed by atoms with Gasteiger partial charge in [0, 0.05) is 19.5 Å². The van der Waals surface area contributed by atoms with E-state index in [9.17, 15) is 9.59 Å². The molecule has 2 amide bonds. The van der Waals surface area contributed by atoms with Gasteiger partial charge in [0.25, 0.3) is 5.91 Å². The van der Waals surface area contributed by atoms with E-state index in [1.54, 1.807) is 12.1 Å². The quantitative estimate of drug-likeness (QED) is 0.557. The van der Waals surface area contributed by atoms with Crippen LogP contribution in [0.4, 0.5) is 0 Å². The summed E-state index contributed by atoms with van der Waals surface area (Å²) in [5.41, 5.74) is 1.81. The van der Waals surface area contributed by atoms with Gasteiger partial charge in [0.1, 0.15) is 12.4 Å². The number of hydrogen-bond donors (Lipinski definition) is 2. The van der Waals surface area contributed by atoms with E-state index in [0.29, 0.717) is 37.6 Å². The molecule has 28 heavy (non-hydrogen) atoms. The van der Waals surface area contributed by atoms with Gasteiger partial charge in [0.2, 0.25) is 5.91 Å². The van der Waals surface area contributed by atoms with E-state index in [-0.39, 0.29) is 18.4 Å². The van der Waals surface area contributed by atoms with Crippen LogP contribution < -0.4 is 10.6 Å². The number of para-hydroxylation sites is 2. The van der Waals surface area contributed by atoms with Crippen molar-refractivity contribution >= 4 is 22.8 Å². The van der Waals surface area contributed by atoms with E-state index < -0.39 is 0 Å². The molecule has 0 aliphatic carbocycles. The van der Waals surface area contributed by atoms with Crippen molar-refractivity contribution in [3.05, 3.63) is 54.2 Å². The summed E-state index contributed by atoms with van der Waals surface area (Å²) in [4.78, 5) is 28.9. The highest BCUT2D eigenvalue weighted by molar-refractivity contribution is 5.91. The first-order chi connectivity index (χ1) is 13.5. The summed E-state index contributed by atoms with van der Waals surface area (Å²) < 4.78 is 7.04. The molecule has 2 N–H and O–H groups in total. The first-order valence-corrected chi connectivity index (χ1v) is 9.57. The smallest absolute Gasteiger partial charge is 0.286 e. The standard InChI is InChI=1S/C21H26N4O3/c1-15(2)13-23-20(26)14-25-17-8-4-3-7-16(17)24-19(25)10-5-11-22-21(27)18-9-6-12-28-18/h3-4,6-9,12,15H,5,10-11,13-14H2,1-2H3,(H,22,27)(H,23,26). The average molecular weight is 382 g/mol. The van der Waals surface area contributed by atoms with Gasteiger partial charge in [-0.3, -0.25) is 9.59 Å². The molecule has 0 spiro atoms. The number of fused-ring (bicyclic) bond motifs is 1. The van der Waals surface area contributed by atoms with Gasteiger partial charge in [0.15, 0.2) is 5.76 Å². The van der Waals surface area contributed by atoms with Crippen LogP contribution in [0.2, 0.25) is 0 Å². The van der Waals surface area contributed by atoms with Crippen LogP contribution in [0.25, 0.3) is 11.0 Å². The maximum atomic E-state index is 12.3. The number of aryl methyl sites for hydroxylation is 1. The van der Waals surface area contributed by atoms with Crippen molar-refractivity contribution in [3.63, 3.8) is 0 Å². The van der Waals surface area contributed by atoms with Crippen LogP contribution in [0.15, 0.2) is 47.1 Å². The van der Waals surface area contributed by atoms with Gasteiger partial charge in [-0.2, -0.15) is 0 Å². The average Bonchev–Trinajstić information content (AvgIpc) is 3.32. The molecule has 3 rings (SSSR count). The first-order valence-electron chi connectivity index (χ1n) is 9.57. The summed E-state index contributed by atoms with van der Waals surface area (Å²) in [5.74, 6) is 1.29. The number of furan rings is 1. The minimum absolute atomic E-state index is 0.0239. The summed E-state index contributed by atoms with van der Waals surface area (Å²) in [6.07, 6.45) is 2.84. The number of aromatic nitrogens is 2. The lowest BCUT2D eigenvalue weighted by Crippen LogP contribution is -2.31. The van der Waals surface area contributed by atoms with E-state index in [4.69, 9.17) is 4.42 Å². The third-order valence-corrected chi connectivity index (χ3v) is 4.35. The number of carbonyl (C=O) groups is 2. The number of nitrogens with one attached hydrogen (secondary N) is 2. The van der Waals surface area contributed by atoms with Gasteiger partial charge in [-0.1, -0.05) is 26.0 Å². The molecule has 0 atom stereocenters. The van der Waals surface area contributed by atoms with Gasteiger partial charge < -0.3 is 19.6 Å². The van der Waals surface area contributed by atoms with Crippen LogP contribution >= 0.6 is 0 Å². The lowest BCUT2D eigenvalue weighted by molar-refractivity contribution is -0.121. The molecule has 7 nitrogen and oxygen atoms in total. The Morgan fingerprint density at radius 2 is 1.96 bits per heavy atom. The number of nitrogens with zero attached hydrogens (tertiary/aromatic N) is 2. The Morgan fingerprint density at radius 3 is 2.71 bits per heavy atom. The molecule has 0 bridgehead atoms. The Morgan fingerprint density at radius 1 is 1.14 bits per heavy atom. The zero-order chi connectivity index (χ0) is 19.9. The molecule has 3 aromatic rings. The number of carbonyl (C=O) groups excluding carboxylic acids is 2. The molecule has 148 valence electrons. The Balaban J connectivity index is 1.63. The lowest BCUT2D eigenvalue weighted by atomic mass is 10.2. The lowest BCUT2D eigenvalue weighted by Gasteiger charge is -2.11. The summed E-state index contributed by atoms with van der Waals surface area (Å²) in [6.45, 7) is 5.52. The predicted octanol–water partition coefficient (Wildman–Crippen LogP) is 2.76. The molecule has 2 heterocycles. The summed E-state index contributed by atoms with van der Waals surface area (Å²) in [5, 5.41) is 5.79. The molecule has 0 radical (unpaired) electrons. The second-order valence-corrected chi connectivity index (χ2v) is 7.14. The van der Waals surface area contributed by atoms with Crippen molar-refractivity contribution in [2.24, 2.45) is 5.92 Å². The first kappa shape index (κ1) is 19.7. The van der Waals surface area contributed by atoms with Gasteiger partial charge in [0.05, 0.1) is 17.3 Å². The molecule has 0 unspecified atom stereocenters. The highest BCUT2D eigenvalue weighted by Gasteiger charge is 2.14. The zero-order valence-electron chi connectivity index (χ0n) is 16.3. The normalized spacial score (nSPS) is 11.1. The third-order valence-electron chi connectivity index (χ3n) is 4.35. The molecule has 0 aliphatic heterocycles. The van der Waals surface area contributed by atoms with Gasteiger partial charge in [-0.05, 0) is 36.6 Å². The van der Waals surface area contributed by atoms with Crippen LogP contribution in [-0.4, -0.2) is 34.5 Å². The second kappa shape index (κ2) is 9.21. The molecular weight excluding hydrogens is 356 g/mol. The largest absolute Gasteiger partial charge is 0.459 e. The maximum absolute atomic E-state index is 12.3. The van der Waals surface area contributed by atoms with E-state index in [0.717, 1.165) is 16.9 Å². The van der Waals surface area contributed by atoms with Gasteiger partial charge in [-0.15, -0.1) is 0 Å². The minimum atomic E-state index is -0.230. The number of hydrogen-bond acceptors (Lipinski definition) is 4. The molecule has 1 aromatic carbocycles. The predicted molar refractivity (Wildman–Crippen MR) is 107 cm³/mol. The van der Waals surface area contributed by atoms with E-state index >= 15 is 0 Å². The van der Waals surface area contributed by atoms with Crippen molar-refractivity contribution < 1.29 is 14.0 Å². The molecule has 0 aliphatic rings. The van der Waals surface area contributed by atoms with Crippen molar-refractivity contribution in [3.8, 4) is 0 Å². The Labute approximate surface area is 164 Å². The van der Waals surface area contributed by atoms with Gasteiger partial charge in [-0.25, -0.2) is 4.98 Å². The minimum Gasteiger partial charge on any atom is -0.459 e. The molecule has 0 saturated carbocycles. The second-order valence-electron chi connectivity index (χ2n) is 7.14. The summed E-state index contributed by atoms with van der Waals surface area (Å²) in [6, 6.07) is 11.1. The van der Waals surface area contributed by atoms with E-state index in [1.165, 1.54) is 6.26 Å². The molecule has 2 aromatic heterocycles. The molecule has 0 saturated heterocycles. The SMILES string of the molecule is CC(C)CNC(=O)Cn1c(CCCNC(=O)c2ccco2)nc2ccccc21. The van der Waals surface area contributed by atoms with Crippen LogP contribution in [0.5, 0.6) is 0 Å². The maximum Gasteiger partial charge on any atom is 0.286 e. The number of amides is 2. The summed E-state index contributed by atoms with van der Waals surface area (Å²) >= 11 is 0. The fourth-order valence-corrected chi connectivity index (χ4v) is 2.95. The monoisotopic (exact) mass is 382 g/mol. The fourth-order valence-electron chi connectivity index (χ4n) is 2.95. The Kier molecular flexibility index (Phi) is 6.47. The van der Waals surface area contributed by atoms with Crippen LogP contribution in [-0.2, 0) is 17.8 Å². The number of imidazole rings is 1. The van der Waals surface area contributed by atoms with Crippen molar-refractivity contribution in [1.29, 1.82) is 0 Å². The van der Waals surface area contributed by atoms with Crippen LogP contribution in [0.3, 0.4) is 0 Å². The van der Waals surface area contributed by atoms with E-state index in [1.807, 2.05) is 28.8 Å².